The van der Waals surface area contributed by atoms with Crippen molar-refractivity contribution < 1.29 is 9.90 Å². The van der Waals surface area contributed by atoms with E-state index in [1.165, 1.54) is 11.8 Å². The van der Waals surface area contributed by atoms with Gasteiger partial charge in [-0.2, -0.15) is 11.8 Å². The van der Waals surface area contributed by atoms with Crippen LogP contribution in [0.5, 0.6) is 0 Å². The molecule has 1 heterocycles. The molecule has 0 saturated carbocycles. The van der Waals surface area contributed by atoms with Crippen LogP contribution in [-0.2, 0) is 6.54 Å². The van der Waals surface area contributed by atoms with Crippen molar-refractivity contribution in [3.8, 4) is 0 Å². The summed E-state index contributed by atoms with van der Waals surface area (Å²) in [6.07, 6.45) is 5.16. The number of amides is 1. The molecule has 0 aliphatic carbocycles. The number of rotatable bonds is 7. The van der Waals surface area contributed by atoms with E-state index in [0.29, 0.717) is 18.8 Å². The average Bonchev–Trinajstić information content (AvgIpc) is 2.79. The van der Waals surface area contributed by atoms with E-state index in [2.05, 4.69) is 10.3 Å². The second-order valence-electron chi connectivity index (χ2n) is 4.00. The number of nitrogens with zero attached hydrogens (tertiary/aromatic N) is 2. The van der Waals surface area contributed by atoms with E-state index in [1.54, 1.807) is 17.1 Å². The molecule has 1 aromatic heterocycles. The number of hydrogen-bond acceptors (Lipinski definition) is 5. The smallest absolute Gasteiger partial charge is 0.271 e. The number of carbonyl (C=O) groups excluding carboxylic acids is 1. The molecule has 0 spiro atoms. The van der Waals surface area contributed by atoms with E-state index in [-0.39, 0.29) is 23.8 Å². The number of aliphatic hydroxyl groups is 1. The van der Waals surface area contributed by atoms with Crippen LogP contribution in [0.2, 0.25) is 0 Å². The molecule has 0 aliphatic rings. The summed E-state index contributed by atoms with van der Waals surface area (Å²) in [6.45, 7) is 3.04. The number of hydrogen-bond donors (Lipinski definition) is 3. The van der Waals surface area contributed by atoms with Gasteiger partial charge in [0.1, 0.15) is 5.69 Å². The van der Waals surface area contributed by atoms with Gasteiger partial charge in [-0.25, -0.2) is 4.98 Å². The van der Waals surface area contributed by atoms with Crippen LogP contribution in [-0.4, -0.2) is 51.3 Å². The third-order valence-corrected chi connectivity index (χ3v) is 3.82. The molecule has 102 valence electrons. The molecule has 0 radical (unpaired) electrons. The third-order valence-electron chi connectivity index (χ3n) is 2.65. The second-order valence-corrected chi connectivity index (χ2v) is 5.08. The third kappa shape index (κ3) is 4.01. The maximum absolute atomic E-state index is 11.9. The quantitative estimate of drug-likeness (QED) is 0.633. The van der Waals surface area contributed by atoms with Crippen molar-refractivity contribution in [1.82, 2.24) is 14.9 Å². The zero-order valence-corrected chi connectivity index (χ0v) is 11.5. The maximum Gasteiger partial charge on any atom is 0.271 e. The summed E-state index contributed by atoms with van der Waals surface area (Å²) in [5, 5.41) is 12.0. The maximum atomic E-state index is 11.9. The average molecular weight is 272 g/mol. The van der Waals surface area contributed by atoms with Gasteiger partial charge >= 0.3 is 0 Å². The van der Waals surface area contributed by atoms with Crippen molar-refractivity contribution in [2.45, 2.75) is 24.8 Å². The highest BCUT2D eigenvalue weighted by molar-refractivity contribution is 7.99. The van der Waals surface area contributed by atoms with Gasteiger partial charge in [-0.1, -0.05) is 0 Å². The minimum Gasteiger partial charge on any atom is -0.395 e. The molecule has 2 unspecified atom stereocenters. The Morgan fingerprint density at radius 1 is 1.72 bits per heavy atom. The molecular weight excluding hydrogens is 252 g/mol. The van der Waals surface area contributed by atoms with Gasteiger partial charge in [-0.3, -0.25) is 4.79 Å². The zero-order valence-electron chi connectivity index (χ0n) is 10.7. The first-order valence-corrected chi connectivity index (χ1v) is 7.07. The molecule has 7 heteroatoms. The molecule has 1 aromatic rings. The van der Waals surface area contributed by atoms with E-state index >= 15 is 0 Å². The Balaban J connectivity index is 2.58. The Hall–Kier alpha value is -1.05. The first-order chi connectivity index (χ1) is 8.62. The fraction of sp³-hybridized carbons (Fsp3) is 0.636. The normalized spacial score (nSPS) is 14.2. The van der Waals surface area contributed by atoms with Crippen molar-refractivity contribution in [3.05, 3.63) is 18.2 Å². The predicted molar refractivity (Wildman–Crippen MR) is 72.6 cm³/mol. The largest absolute Gasteiger partial charge is 0.395 e. The summed E-state index contributed by atoms with van der Waals surface area (Å²) in [7, 11) is 0. The molecule has 18 heavy (non-hydrogen) atoms. The second kappa shape index (κ2) is 7.40. The fourth-order valence-corrected chi connectivity index (χ4v) is 2.18. The number of imidazole rings is 1. The van der Waals surface area contributed by atoms with Gasteiger partial charge in [-0.05, 0) is 13.2 Å². The number of thioether (sulfide) groups is 1. The van der Waals surface area contributed by atoms with Gasteiger partial charge in [-0.15, -0.1) is 0 Å². The van der Waals surface area contributed by atoms with Crippen molar-refractivity contribution in [2.24, 2.45) is 5.73 Å². The molecule has 4 N–H and O–H groups in total. The summed E-state index contributed by atoms with van der Waals surface area (Å²) < 4.78 is 1.78. The summed E-state index contributed by atoms with van der Waals surface area (Å²) in [5.41, 5.74) is 5.79. The van der Waals surface area contributed by atoms with E-state index in [1.807, 2.05) is 13.2 Å². The fourth-order valence-electron chi connectivity index (χ4n) is 1.56. The molecule has 0 fully saturated rings. The monoisotopic (exact) mass is 272 g/mol. The van der Waals surface area contributed by atoms with Gasteiger partial charge in [0, 0.05) is 30.6 Å². The van der Waals surface area contributed by atoms with E-state index in [9.17, 15) is 4.79 Å². The lowest BCUT2D eigenvalue weighted by atomic mass is 10.2. The van der Waals surface area contributed by atoms with Gasteiger partial charge in [0.15, 0.2) is 0 Å². The Morgan fingerprint density at radius 3 is 3.00 bits per heavy atom. The molecule has 0 bridgehead atoms. The lowest BCUT2D eigenvalue weighted by Crippen LogP contribution is -2.41. The van der Waals surface area contributed by atoms with E-state index in [4.69, 9.17) is 10.8 Å². The molecule has 1 amide bonds. The molecule has 2 atom stereocenters. The zero-order chi connectivity index (χ0) is 13.5. The Labute approximate surface area is 111 Å². The highest BCUT2D eigenvalue weighted by Crippen LogP contribution is 2.10. The van der Waals surface area contributed by atoms with Crippen LogP contribution in [0.1, 0.15) is 17.4 Å². The Bertz CT molecular complexity index is 379. The Kier molecular flexibility index (Phi) is 6.17. The van der Waals surface area contributed by atoms with E-state index in [0.717, 1.165) is 0 Å². The molecule has 0 saturated heterocycles. The number of aliphatic hydroxyl groups excluding tert-OH is 1. The van der Waals surface area contributed by atoms with Crippen molar-refractivity contribution >= 4 is 17.7 Å². The van der Waals surface area contributed by atoms with Crippen LogP contribution >= 0.6 is 11.8 Å². The molecule has 6 nitrogen and oxygen atoms in total. The van der Waals surface area contributed by atoms with Crippen molar-refractivity contribution in [3.63, 3.8) is 0 Å². The predicted octanol–water partition coefficient (Wildman–Crippen LogP) is -0.316. The van der Waals surface area contributed by atoms with Crippen molar-refractivity contribution in [1.29, 1.82) is 0 Å². The van der Waals surface area contributed by atoms with Crippen LogP contribution < -0.4 is 11.1 Å². The number of aromatic nitrogens is 2. The van der Waals surface area contributed by atoms with Crippen LogP contribution in [0.4, 0.5) is 0 Å². The number of carbonyl (C=O) groups is 1. The number of nitrogens with one attached hydrogen (secondary N) is 1. The highest BCUT2D eigenvalue weighted by Gasteiger charge is 2.19. The number of nitrogens with two attached hydrogens (primary N) is 1. The highest BCUT2D eigenvalue weighted by atomic mass is 32.2. The van der Waals surface area contributed by atoms with Crippen LogP contribution in [0, 0.1) is 0 Å². The van der Waals surface area contributed by atoms with Crippen LogP contribution in [0.3, 0.4) is 0 Å². The van der Waals surface area contributed by atoms with Crippen molar-refractivity contribution in [2.75, 3.05) is 19.4 Å². The standard InChI is InChI=1S/C11H20N4O2S/c1-8(10(6-16)18-2)14-11(17)9-5-15(4-3-12)7-13-9/h5,7-8,10,16H,3-4,6,12H2,1-2H3,(H,14,17). The first-order valence-electron chi connectivity index (χ1n) is 5.78. The lowest BCUT2D eigenvalue weighted by Gasteiger charge is -2.20. The molecule has 1 rings (SSSR count). The van der Waals surface area contributed by atoms with Crippen LogP contribution in [0.15, 0.2) is 12.5 Å². The van der Waals surface area contributed by atoms with Gasteiger partial charge in [0.2, 0.25) is 0 Å². The SMILES string of the molecule is CSC(CO)C(C)NC(=O)c1cn(CCN)cn1. The Morgan fingerprint density at radius 2 is 2.44 bits per heavy atom. The van der Waals surface area contributed by atoms with Gasteiger partial charge < -0.3 is 20.7 Å². The summed E-state index contributed by atoms with van der Waals surface area (Å²) in [5.74, 6) is -0.231. The molecule has 0 aromatic carbocycles. The van der Waals surface area contributed by atoms with Gasteiger partial charge in [0.05, 0.1) is 12.9 Å². The summed E-state index contributed by atoms with van der Waals surface area (Å²) in [4.78, 5) is 15.9. The lowest BCUT2D eigenvalue weighted by molar-refractivity contribution is 0.0931. The first kappa shape index (κ1) is 15.0. The minimum atomic E-state index is -0.231. The van der Waals surface area contributed by atoms with Gasteiger partial charge in [0.25, 0.3) is 5.91 Å². The summed E-state index contributed by atoms with van der Waals surface area (Å²) >= 11 is 1.52. The van der Waals surface area contributed by atoms with Crippen LogP contribution in [0.25, 0.3) is 0 Å². The molecule has 0 aliphatic heterocycles. The minimum absolute atomic E-state index is 0.0138. The topological polar surface area (TPSA) is 93.2 Å². The molecular formula is C11H20N4O2S. The summed E-state index contributed by atoms with van der Waals surface area (Å²) in [6, 6.07) is -0.114. The van der Waals surface area contributed by atoms with E-state index < -0.39 is 0 Å².